The first-order valence-electron chi connectivity index (χ1n) is 8.14. The summed E-state index contributed by atoms with van der Waals surface area (Å²) < 4.78 is 7.68. The molecule has 5 nitrogen and oxygen atoms in total. The van der Waals surface area contributed by atoms with Gasteiger partial charge in [0.2, 0.25) is 0 Å². The van der Waals surface area contributed by atoms with Crippen LogP contribution in [0.25, 0.3) is 0 Å². The first kappa shape index (κ1) is 21.8. The van der Waals surface area contributed by atoms with E-state index in [9.17, 15) is 0 Å². The Morgan fingerprint density at radius 2 is 2.00 bits per heavy atom. The maximum absolute atomic E-state index is 6.06. The zero-order valence-electron chi connectivity index (χ0n) is 14.6. The van der Waals surface area contributed by atoms with Crippen molar-refractivity contribution in [2.75, 3.05) is 26.7 Å². The zero-order chi connectivity index (χ0) is 17.2. The van der Waals surface area contributed by atoms with Crippen LogP contribution < -0.4 is 10.6 Å². The smallest absolute Gasteiger partial charge is 0.191 e. The number of hydrogen-bond donors (Lipinski definition) is 2. The molecule has 0 radical (unpaired) electrons. The summed E-state index contributed by atoms with van der Waals surface area (Å²) in [4.78, 5) is 4.63. The summed E-state index contributed by atoms with van der Waals surface area (Å²) in [5, 5.41) is 7.29. The summed E-state index contributed by atoms with van der Waals surface area (Å²) in [5.41, 5.74) is 1.02. The van der Waals surface area contributed by atoms with E-state index in [1.807, 2.05) is 55.7 Å². The number of nitrogens with zero attached hydrogens (tertiary/aromatic N) is 2. The van der Waals surface area contributed by atoms with Gasteiger partial charge in [-0.25, -0.2) is 0 Å². The van der Waals surface area contributed by atoms with Crippen LogP contribution in [-0.4, -0.2) is 37.3 Å². The van der Waals surface area contributed by atoms with E-state index in [1.54, 1.807) is 7.11 Å². The summed E-state index contributed by atoms with van der Waals surface area (Å²) in [6.07, 6.45) is 3.97. The fourth-order valence-corrected chi connectivity index (χ4v) is 2.56. The second-order valence-electron chi connectivity index (χ2n) is 5.35. The Hall–Kier alpha value is -1.25. The van der Waals surface area contributed by atoms with Gasteiger partial charge < -0.3 is 19.9 Å². The molecule has 0 bridgehead atoms. The molecule has 2 aromatic rings. The Bertz CT molecular complexity index is 634. The number of aliphatic imine (C=N–C) groups is 1. The molecule has 0 fully saturated rings. The minimum atomic E-state index is -0.122. The van der Waals surface area contributed by atoms with Gasteiger partial charge in [-0.05, 0) is 36.8 Å². The third-order valence-corrected chi connectivity index (χ3v) is 3.83. The molecule has 138 valence electrons. The Balaban J connectivity index is 0.00000312. The van der Waals surface area contributed by atoms with Gasteiger partial charge in [0.1, 0.15) is 6.10 Å². The molecule has 0 spiro atoms. The standard InChI is InChI=1S/C18H25ClN4O.HI/c1-3-20-18(21-9-12-23-10-4-5-11-23)22-14-17(24-2)15-7-6-8-16(19)13-15;/h4-8,10-11,13,17H,3,9,12,14H2,1-2H3,(H2,20,21,22);1H. The largest absolute Gasteiger partial charge is 0.375 e. The molecule has 1 aromatic heterocycles. The molecule has 0 saturated heterocycles. The molecular formula is C18H26ClIN4O. The quantitative estimate of drug-likeness (QED) is 0.347. The molecule has 1 atom stereocenters. The van der Waals surface area contributed by atoms with Gasteiger partial charge >= 0.3 is 0 Å². The molecule has 2 rings (SSSR count). The van der Waals surface area contributed by atoms with Gasteiger partial charge in [-0.3, -0.25) is 4.99 Å². The summed E-state index contributed by atoms with van der Waals surface area (Å²) in [6, 6.07) is 11.7. The normalized spacial score (nSPS) is 12.4. The molecule has 1 unspecified atom stereocenters. The highest BCUT2D eigenvalue weighted by atomic mass is 127. The second-order valence-corrected chi connectivity index (χ2v) is 5.78. The van der Waals surface area contributed by atoms with Crippen molar-refractivity contribution >= 4 is 41.5 Å². The Morgan fingerprint density at radius 3 is 2.64 bits per heavy atom. The number of rotatable bonds is 8. The van der Waals surface area contributed by atoms with Crippen LogP contribution in [0.5, 0.6) is 0 Å². The van der Waals surface area contributed by atoms with Crippen LogP contribution in [0.4, 0.5) is 0 Å². The third kappa shape index (κ3) is 7.66. The number of hydrogen-bond acceptors (Lipinski definition) is 2. The first-order valence-corrected chi connectivity index (χ1v) is 8.52. The molecule has 0 aliphatic heterocycles. The average molecular weight is 477 g/mol. The second kappa shape index (κ2) is 12.2. The van der Waals surface area contributed by atoms with E-state index in [0.29, 0.717) is 11.6 Å². The lowest BCUT2D eigenvalue weighted by atomic mass is 10.1. The van der Waals surface area contributed by atoms with Crippen molar-refractivity contribution in [3.8, 4) is 0 Å². The lowest BCUT2D eigenvalue weighted by molar-refractivity contribution is 0.111. The van der Waals surface area contributed by atoms with Crippen LogP contribution in [0.2, 0.25) is 5.02 Å². The zero-order valence-corrected chi connectivity index (χ0v) is 17.7. The minimum absolute atomic E-state index is 0. The molecule has 1 aromatic carbocycles. The average Bonchev–Trinajstić information content (AvgIpc) is 3.09. The van der Waals surface area contributed by atoms with E-state index < -0.39 is 0 Å². The molecule has 0 aliphatic carbocycles. The number of nitrogens with one attached hydrogen (secondary N) is 2. The monoisotopic (exact) mass is 476 g/mol. The van der Waals surface area contributed by atoms with Crippen molar-refractivity contribution in [2.24, 2.45) is 4.99 Å². The summed E-state index contributed by atoms with van der Waals surface area (Å²) in [6.45, 7) is 5.07. The molecule has 7 heteroatoms. The van der Waals surface area contributed by atoms with Crippen molar-refractivity contribution < 1.29 is 4.74 Å². The molecule has 0 saturated carbocycles. The SMILES string of the molecule is CCNC(=NCC(OC)c1cccc(Cl)c1)NCCn1cccc1.I. The van der Waals surface area contributed by atoms with Gasteiger partial charge in [0.05, 0.1) is 6.54 Å². The van der Waals surface area contributed by atoms with Crippen LogP contribution in [0.15, 0.2) is 53.8 Å². The van der Waals surface area contributed by atoms with E-state index in [4.69, 9.17) is 16.3 Å². The summed E-state index contributed by atoms with van der Waals surface area (Å²) in [5.74, 6) is 0.786. The summed E-state index contributed by atoms with van der Waals surface area (Å²) in [7, 11) is 1.69. The van der Waals surface area contributed by atoms with E-state index in [1.165, 1.54) is 0 Å². The maximum Gasteiger partial charge on any atom is 0.191 e. The molecule has 25 heavy (non-hydrogen) atoms. The molecule has 0 aliphatic rings. The van der Waals surface area contributed by atoms with Crippen molar-refractivity contribution in [3.05, 3.63) is 59.4 Å². The predicted molar refractivity (Wildman–Crippen MR) is 115 cm³/mol. The summed E-state index contributed by atoms with van der Waals surface area (Å²) >= 11 is 6.06. The number of benzene rings is 1. The van der Waals surface area contributed by atoms with E-state index in [0.717, 1.165) is 31.2 Å². The highest BCUT2D eigenvalue weighted by molar-refractivity contribution is 14.0. The maximum atomic E-state index is 6.06. The van der Waals surface area contributed by atoms with Crippen molar-refractivity contribution in [1.82, 2.24) is 15.2 Å². The van der Waals surface area contributed by atoms with Crippen LogP contribution in [0.1, 0.15) is 18.6 Å². The molecule has 0 amide bonds. The fourth-order valence-electron chi connectivity index (χ4n) is 2.36. The van der Waals surface area contributed by atoms with Gasteiger partial charge in [-0.15, -0.1) is 24.0 Å². The Kier molecular flexibility index (Phi) is 10.6. The molecule has 2 N–H and O–H groups in total. The lowest BCUT2D eigenvalue weighted by Gasteiger charge is -2.16. The van der Waals surface area contributed by atoms with Gasteiger partial charge in [0.25, 0.3) is 0 Å². The van der Waals surface area contributed by atoms with E-state index >= 15 is 0 Å². The third-order valence-electron chi connectivity index (χ3n) is 3.59. The van der Waals surface area contributed by atoms with Crippen molar-refractivity contribution in [1.29, 1.82) is 0 Å². The van der Waals surface area contributed by atoms with Crippen LogP contribution in [-0.2, 0) is 11.3 Å². The minimum Gasteiger partial charge on any atom is -0.375 e. The van der Waals surface area contributed by atoms with Crippen molar-refractivity contribution in [3.63, 3.8) is 0 Å². The van der Waals surface area contributed by atoms with E-state index in [-0.39, 0.29) is 30.1 Å². The number of methoxy groups -OCH3 is 1. The van der Waals surface area contributed by atoms with Crippen LogP contribution in [0.3, 0.4) is 0 Å². The topological polar surface area (TPSA) is 50.6 Å². The highest BCUT2D eigenvalue weighted by Crippen LogP contribution is 2.20. The number of guanidine groups is 1. The fraction of sp³-hybridized carbons (Fsp3) is 0.389. The lowest BCUT2D eigenvalue weighted by Crippen LogP contribution is -2.39. The highest BCUT2D eigenvalue weighted by Gasteiger charge is 2.10. The molecule has 1 heterocycles. The van der Waals surface area contributed by atoms with Crippen LogP contribution in [0, 0.1) is 0 Å². The van der Waals surface area contributed by atoms with Gasteiger partial charge in [-0.1, -0.05) is 23.7 Å². The number of aromatic nitrogens is 1. The Morgan fingerprint density at radius 1 is 1.24 bits per heavy atom. The van der Waals surface area contributed by atoms with Gasteiger partial charge in [0, 0.05) is 44.2 Å². The van der Waals surface area contributed by atoms with Gasteiger partial charge in [0.15, 0.2) is 5.96 Å². The van der Waals surface area contributed by atoms with Gasteiger partial charge in [-0.2, -0.15) is 0 Å². The van der Waals surface area contributed by atoms with Crippen LogP contribution >= 0.6 is 35.6 Å². The van der Waals surface area contributed by atoms with Crippen molar-refractivity contribution in [2.45, 2.75) is 19.6 Å². The molecular weight excluding hydrogens is 451 g/mol. The number of ether oxygens (including phenoxy) is 1. The predicted octanol–water partition coefficient (Wildman–Crippen LogP) is 3.70. The first-order chi connectivity index (χ1) is 11.7. The number of halogens is 2. The van der Waals surface area contributed by atoms with E-state index in [2.05, 4.69) is 20.2 Å². The Labute approximate surface area is 171 Å².